The average molecular weight is 430 g/mol. The van der Waals surface area contributed by atoms with Crippen molar-refractivity contribution >= 4 is 44.1 Å². The number of amides is 1. The summed E-state index contributed by atoms with van der Waals surface area (Å²) < 4.78 is 6.72. The van der Waals surface area contributed by atoms with Crippen molar-refractivity contribution in [1.82, 2.24) is 4.98 Å². The Morgan fingerprint density at radius 1 is 1.06 bits per heavy atom. The number of hydrogen-bond donors (Lipinski definition) is 1. The summed E-state index contributed by atoms with van der Waals surface area (Å²) in [6, 6.07) is 17.1. The summed E-state index contributed by atoms with van der Waals surface area (Å²) in [5.41, 5.74) is 2.26. The van der Waals surface area contributed by atoms with E-state index in [1.165, 1.54) is 16.2 Å². The second kappa shape index (κ2) is 7.21. The standard InChI is InChI=1S/C24H18N2O4S/c1-13-8-10-16-18(12-13)31-24(25-16)26-20(17-11-9-14(2)30-17)19(22(28)23(26)29)21(27)15-6-4-3-5-7-15/h3-12,20,27H,1-2H3/b21-19+. The molecule has 31 heavy (non-hydrogen) atoms. The van der Waals surface area contributed by atoms with Crippen LogP contribution in [0.15, 0.2) is 70.7 Å². The van der Waals surface area contributed by atoms with Crippen LogP contribution in [-0.2, 0) is 9.59 Å². The van der Waals surface area contributed by atoms with Crippen molar-refractivity contribution in [1.29, 1.82) is 0 Å². The molecule has 0 saturated carbocycles. The molecule has 1 aliphatic rings. The summed E-state index contributed by atoms with van der Waals surface area (Å²) >= 11 is 1.33. The predicted octanol–water partition coefficient (Wildman–Crippen LogP) is 5.13. The van der Waals surface area contributed by atoms with Crippen molar-refractivity contribution in [3.05, 3.63) is 88.9 Å². The van der Waals surface area contributed by atoms with E-state index >= 15 is 0 Å². The topological polar surface area (TPSA) is 83.6 Å². The molecule has 1 fully saturated rings. The Bertz CT molecular complexity index is 1370. The Morgan fingerprint density at radius 2 is 1.84 bits per heavy atom. The number of anilines is 1. The Labute approximate surface area is 182 Å². The zero-order valence-electron chi connectivity index (χ0n) is 16.8. The number of fused-ring (bicyclic) bond motifs is 1. The lowest BCUT2D eigenvalue weighted by Crippen LogP contribution is -2.29. The van der Waals surface area contributed by atoms with Crippen LogP contribution in [-0.4, -0.2) is 21.8 Å². The van der Waals surface area contributed by atoms with Gasteiger partial charge >= 0.3 is 5.91 Å². The average Bonchev–Trinajstić information content (AvgIpc) is 3.44. The van der Waals surface area contributed by atoms with Gasteiger partial charge in [0.05, 0.1) is 15.8 Å². The summed E-state index contributed by atoms with van der Waals surface area (Å²) in [6.45, 7) is 3.77. The Morgan fingerprint density at radius 3 is 2.55 bits per heavy atom. The van der Waals surface area contributed by atoms with Gasteiger partial charge in [0.1, 0.15) is 23.3 Å². The van der Waals surface area contributed by atoms with Gasteiger partial charge in [-0.15, -0.1) is 0 Å². The van der Waals surface area contributed by atoms with E-state index in [1.807, 2.05) is 31.2 Å². The van der Waals surface area contributed by atoms with Gasteiger partial charge in [-0.2, -0.15) is 0 Å². The number of thiazole rings is 1. The highest BCUT2D eigenvalue weighted by molar-refractivity contribution is 7.22. The number of rotatable bonds is 3. The van der Waals surface area contributed by atoms with Crippen molar-refractivity contribution in [2.45, 2.75) is 19.9 Å². The molecule has 1 aliphatic heterocycles. The number of aryl methyl sites for hydroxylation is 2. The molecule has 0 aliphatic carbocycles. The minimum atomic E-state index is -0.907. The van der Waals surface area contributed by atoms with E-state index in [-0.39, 0.29) is 11.3 Å². The molecule has 3 heterocycles. The third kappa shape index (κ3) is 3.14. The van der Waals surface area contributed by atoms with Crippen LogP contribution in [0.5, 0.6) is 0 Å². The smallest absolute Gasteiger partial charge is 0.302 e. The van der Waals surface area contributed by atoms with Gasteiger partial charge < -0.3 is 9.52 Å². The van der Waals surface area contributed by atoms with Crippen LogP contribution >= 0.6 is 11.3 Å². The molecule has 0 radical (unpaired) electrons. The van der Waals surface area contributed by atoms with Gasteiger partial charge in [0.2, 0.25) is 0 Å². The molecule has 2 aromatic heterocycles. The zero-order chi connectivity index (χ0) is 21.7. The second-order valence-electron chi connectivity index (χ2n) is 7.45. The van der Waals surface area contributed by atoms with Crippen molar-refractivity contribution in [3.63, 3.8) is 0 Å². The molecule has 1 N–H and O–H groups in total. The molecule has 0 bridgehead atoms. The summed E-state index contributed by atoms with van der Waals surface area (Å²) in [4.78, 5) is 32.2. The maximum atomic E-state index is 13.1. The highest BCUT2D eigenvalue weighted by Crippen LogP contribution is 2.44. The number of Topliss-reactive ketones (excluding diaryl/α,β-unsaturated/α-hetero) is 1. The monoisotopic (exact) mass is 430 g/mol. The fraction of sp³-hybridized carbons (Fsp3) is 0.125. The minimum Gasteiger partial charge on any atom is -0.507 e. The number of ketones is 1. The van der Waals surface area contributed by atoms with Crippen LogP contribution in [0, 0.1) is 13.8 Å². The van der Waals surface area contributed by atoms with Gasteiger partial charge in [0.25, 0.3) is 5.78 Å². The highest BCUT2D eigenvalue weighted by Gasteiger charge is 2.49. The number of aliphatic hydroxyl groups excluding tert-OH is 1. The zero-order valence-corrected chi connectivity index (χ0v) is 17.6. The van der Waals surface area contributed by atoms with Crippen molar-refractivity contribution in [3.8, 4) is 0 Å². The van der Waals surface area contributed by atoms with E-state index in [9.17, 15) is 14.7 Å². The molecule has 6 nitrogen and oxygen atoms in total. The lowest BCUT2D eigenvalue weighted by Gasteiger charge is -2.20. The maximum Gasteiger partial charge on any atom is 0.302 e. The maximum absolute atomic E-state index is 13.1. The first-order chi connectivity index (χ1) is 14.9. The molecule has 2 aromatic carbocycles. The third-order valence-electron chi connectivity index (χ3n) is 5.26. The number of carbonyl (C=O) groups is 2. The van der Waals surface area contributed by atoms with E-state index in [4.69, 9.17) is 4.42 Å². The minimum absolute atomic E-state index is 0.0130. The molecule has 154 valence electrons. The molecular formula is C24H18N2O4S. The Balaban J connectivity index is 1.73. The Kier molecular flexibility index (Phi) is 4.48. The van der Waals surface area contributed by atoms with E-state index in [0.717, 1.165) is 15.8 Å². The van der Waals surface area contributed by atoms with Crippen LogP contribution in [0.3, 0.4) is 0 Å². The summed E-state index contributed by atoms with van der Waals surface area (Å²) in [5.74, 6) is -0.717. The van der Waals surface area contributed by atoms with E-state index in [0.29, 0.717) is 22.2 Å². The van der Waals surface area contributed by atoms with Crippen LogP contribution in [0.25, 0.3) is 16.0 Å². The van der Waals surface area contributed by atoms with Gasteiger partial charge in [-0.3, -0.25) is 14.5 Å². The summed E-state index contributed by atoms with van der Waals surface area (Å²) in [7, 11) is 0. The van der Waals surface area contributed by atoms with E-state index in [1.54, 1.807) is 43.3 Å². The number of hydrogen-bond acceptors (Lipinski definition) is 6. The number of furan rings is 1. The number of nitrogens with zero attached hydrogens (tertiary/aromatic N) is 2. The molecule has 0 spiro atoms. The summed E-state index contributed by atoms with van der Waals surface area (Å²) in [5, 5.41) is 11.4. The third-order valence-corrected chi connectivity index (χ3v) is 6.28. The van der Waals surface area contributed by atoms with Gasteiger partial charge in [-0.25, -0.2) is 4.98 Å². The molecule has 1 unspecified atom stereocenters. The molecule has 1 amide bonds. The molecule has 7 heteroatoms. The Hall–Kier alpha value is -3.71. The van der Waals surface area contributed by atoms with Gasteiger partial charge in [0, 0.05) is 5.56 Å². The first kappa shape index (κ1) is 19.3. The largest absolute Gasteiger partial charge is 0.507 e. The van der Waals surface area contributed by atoms with E-state index < -0.39 is 17.7 Å². The molecule has 1 saturated heterocycles. The fourth-order valence-corrected chi connectivity index (χ4v) is 4.86. The van der Waals surface area contributed by atoms with Crippen molar-refractivity contribution in [2.75, 3.05) is 4.90 Å². The molecular weight excluding hydrogens is 412 g/mol. The van der Waals surface area contributed by atoms with Crippen molar-refractivity contribution < 1.29 is 19.1 Å². The SMILES string of the molecule is Cc1ccc2nc(N3C(=O)C(=O)/C(=C(/O)c4ccccc4)C3c3ccc(C)o3)sc2c1. The van der Waals surface area contributed by atoms with Crippen LogP contribution in [0.2, 0.25) is 0 Å². The van der Waals surface area contributed by atoms with E-state index in [2.05, 4.69) is 4.98 Å². The molecule has 1 atom stereocenters. The number of carbonyl (C=O) groups excluding carboxylic acids is 2. The second-order valence-corrected chi connectivity index (χ2v) is 8.46. The molecule has 5 rings (SSSR count). The normalized spacial score (nSPS) is 18.3. The highest BCUT2D eigenvalue weighted by atomic mass is 32.1. The quantitative estimate of drug-likeness (QED) is 0.277. The number of aromatic nitrogens is 1. The number of benzene rings is 2. The summed E-state index contributed by atoms with van der Waals surface area (Å²) in [6.07, 6.45) is 0. The fourth-order valence-electron chi connectivity index (χ4n) is 3.77. The predicted molar refractivity (Wildman–Crippen MR) is 119 cm³/mol. The lowest BCUT2D eigenvalue weighted by molar-refractivity contribution is -0.132. The van der Waals surface area contributed by atoms with Crippen LogP contribution < -0.4 is 4.90 Å². The van der Waals surface area contributed by atoms with Crippen molar-refractivity contribution in [2.24, 2.45) is 0 Å². The van der Waals surface area contributed by atoms with Crippen LogP contribution in [0.1, 0.15) is 28.7 Å². The van der Waals surface area contributed by atoms with Crippen LogP contribution in [0.4, 0.5) is 5.13 Å². The van der Waals surface area contributed by atoms with Gasteiger partial charge in [-0.1, -0.05) is 47.7 Å². The van der Waals surface area contributed by atoms with Gasteiger partial charge in [0.15, 0.2) is 5.13 Å². The van der Waals surface area contributed by atoms with Gasteiger partial charge in [-0.05, 0) is 43.7 Å². The first-order valence-electron chi connectivity index (χ1n) is 9.74. The number of aliphatic hydroxyl groups is 1. The lowest BCUT2D eigenvalue weighted by atomic mass is 9.99. The first-order valence-corrected chi connectivity index (χ1v) is 10.6. The molecule has 4 aromatic rings.